The van der Waals surface area contributed by atoms with Crippen LogP contribution in [-0.2, 0) is 0 Å². The lowest BCUT2D eigenvalue weighted by Gasteiger charge is -2.26. The molecule has 1 aliphatic rings. The normalized spacial score (nSPS) is 20.3. The number of hydrogen-bond acceptors (Lipinski definition) is 7. The first-order valence-electron chi connectivity index (χ1n) is 8.02. The number of nitrogens with one attached hydrogen (secondary N) is 1. The van der Waals surface area contributed by atoms with E-state index in [2.05, 4.69) is 20.2 Å². The summed E-state index contributed by atoms with van der Waals surface area (Å²) < 4.78 is 13.8. The van der Waals surface area contributed by atoms with Crippen molar-refractivity contribution in [3.8, 4) is 0 Å². The van der Waals surface area contributed by atoms with Gasteiger partial charge in [-0.2, -0.15) is 4.98 Å². The van der Waals surface area contributed by atoms with Crippen LogP contribution in [0.25, 0.3) is 0 Å². The van der Waals surface area contributed by atoms with Crippen molar-refractivity contribution in [2.24, 2.45) is 5.92 Å². The molecule has 0 saturated carbocycles. The van der Waals surface area contributed by atoms with E-state index in [4.69, 9.17) is 17.3 Å². The van der Waals surface area contributed by atoms with Crippen molar-refractivity contribution in [2.75, 3.05) is 31.2 Å². The van der Waals surface area contributed by atoms with Crippen molar-refractivity contribution >= 4 is 29.1 Å². The van der Waals surface area contributed by atoms with Crippen LogP contribution in [0, 0.1) is 21.8 Å². The van der Waals surface area contributed by atoms with Gasteiger partial charge in [0.25, 0.3) is 0 Å². The molecule has 10 heteroatoms. The average molecular weight is 381 g/mol. The summed E-state index contributed by atoms with van der Waals surface area (Å²) in [7, 11) is 1.98. The molecular weight excluding hydrogens is 363 g/mol. The topological polar surface area (TPSA) is 110 Å². The molecule has 26 heavy (non-hydrogen) atoms. The molecule has 0 spiro atoms. The zero-order chi connectivity index (χ0) is 18.8. The van der Waals surface area contributed by atoms with E-state index in [0.717, 1.165) is 24.7 Å². The Kier molecular flexibility index (Phi) is 5.19. The predicted molar refractivity (Wildman–Crippen MR) is 96.5 cm³/mol. The first kappa shape index (κ1) is 18.3. The van der Waals surface area contributed by atoms with Gasteiger partial charge < -0.3 is 11.1 Å². The van der Waals surface area contributed by atoms with Crippen molar-refractivity contribution in [3.05, 3.63) is 50.9 Å². The minimum absolute atomic E-state index is 0.0182. The van der Waals surface area contributed by atoms with Crippen molar-refractivity contribution < 1.29 is 9.31 Å². The first-order chi connectivity index (χ1) is 12.4. The highest BCUT2D eigenvalue weighted by molar-refractivity contribution is 6.30. The molecule has 2 atom stereocenters. The Bertz CT molecular complexity index is 836. The molecule has 2 unspecified atom stereocenters. The standard InChI is InChI=1S/C16H18ClFN6O2/c1-23-5-4-10(14(23)9-2-3-11(17)12(18)6-9)7-20-16-21-8-13(24(25)26)15(19)22-16/h2-3,6,8,10,14H,4-5,7H2,1H3,(H3,19,20,21,22). The number of nitrogens with zero attached hydrogens (tertiary/aromatic N) is 4. The van der Waals surface area contributed by atoms with Crippen LogP contribution in [-0.4, -0.2) is 39.9 Å². The number of likely N-dealkylation sites (tertiary alicyclic amines) is 1. The van der Waals surface area contributed by atoms with Crippen LogP contribution in [0.1, 0.15) is 18.0 Å². The van der Waals surface area contributed by atoms with Crippen molar-refractivity contribution in [2.45, 2.75) is 12.5 Å². The quantitative estimate of drug-likeness (QED) is 0.606. The Morgan fingerprint density at radius 1 is 1.54 bits per heavy atom. The summed E-state index contributed by atoms with van der Waals surface area (Å²) >= 11 is 5.77. The van der Waals surface area contributed by atoms with E-state index in [1.165, 1.54) is 6.07 Å². The maximum absolute atomic E-state index is 13.8. The van der Waals surface area contributed by atoms with Crippen LogP contribution in [0.15, 0.2) is 24.4 Å². The van der Waals surface area contributed by atoms with Crippen LogP contribution in [0.5, 0.6) is 0 Å². The zero-order valence-corrected chi connectivity index (χ0v) is 14.8. The maximum atomic E-state index is 13.8. The number of benzene rings is 1. The van der Waals surface area contributed by atoms with Crippen molar-refractivity contribution in [3.63, 3.8) is 0 Å². The van der Waals surface area contributed by atoms with Gasteiger partial charge >= 0.3 is 5.69 Å². The number of nitrogens with two attached hydrogens (primary N) is 1. The summed E-state index contributed by atoms with van der Waals surface area (Å²) in [6.07, 6.45) is 1.98. The molecule has 1 aromatic heterocycles. The molecule has 1 aliphatic heterocycles. The van der Waals surface area contributed by atoms with E-state index in [-0.39, 0.29) is 34.4 Å². The van der Waals surface area contributed by atoms with Gasteiger partial charge in [0.15, 0.2) is 0 Å². The van der Waals surface area contributed by atoms with Crippen LogP contribution < -0.4 is 11.1 Å². The Morgan fingerprint density at radius 3 is 2.96 bits per heavy atom. The average Bonchev–Trinajstić information content (AvgIpc) is 2.96. The van der Waals surface area contributed by atoms with Gasteiger partial charge in [-0.15, -0.1) is 0 Å². The molecule has 0 bridgehead atoms. The van der Waals surface area contributed by atoms with Gasteiger partial charge in [-0.3, -0.25) is 15.0 Å². The van der Waals surface area contributed by atoms with E-state index in [9.17, 15) is 14.5 Å². The fraction of sp³-hybridized carbons (Fsp3) is 0.375. The molecule has 0 amide bonds. The number of aromatic nitrogens is 2. The molecule has 0 aliphatic carbocycles. The summed E-state index contributed by atoms with van der Waals surface area (Å²) in [5.74, 6) is -0.223. The van der Waals surface area contributed by atoms with Gasteiger partial charge in [0.05, 0.1) is 9.95 Å². The van der Waals surface area contributed by atoms with Gasteiger partial charge in [0.1, 0.15) is 12.0 Å². The third-order valence-corrected chi connectivity index (χ3v) is 4.88. The Hall–Kier alpha value is -2.52. The molecule has 1 aromatic carbocycles. The number of rotatable bonds is 5. The lowest BCUT2D eigenvalue weighted by Crippen LogP contribution is -2.25. The molecule has 8 nitrogen and oxygen atoms in total. The third-order valence-electron chi connectivity index (χ3n) is 4.58. The minimum Gasteiger partial charge on any atom is -0.378 e. The third kappa shape index (κ3) is 3.68. The van der Waals surface area contributed by atoms with Crippen molar-refractivity contribution in [1.82, 2.24) is 14.9 Å². The number of nitro groups is 1. The number of nitrogen functional groups attached to an aromatic ring is 1. The summed E-state index contributed by atoms with van der Waals surface area (Å²) in [5, 5.41) is 13.9. The summed E-state index contributed by atoms with van der Waals surface area (Å²) in [4.78, 5) is 20.1. The first-order valence-corrected chi connectivity index (χ1v) is 8.40. The lowest BCUT2D eigenvalue weighted by atomic mass is 9.93. The molecule has 0 radical (unpaired) electrons. The SMILES string of the molecule is CN1CCC(CNc2ncc([N+](=O)[O-])c(N)n2)C1c1ccc(Cl)c(F)c1. The maximum Gasteiger partial charge on any atom is 0.329 e. The summed E-state index contributed by atoms with van der Waals surface area (Å²) in [5.41, 5.74) is 6.10. The monoisotopic (exact) mass is 380 g/mol. The van der Waals surface area contributed by atoms with Gasteiger partial charge in [-0.1, -0.05) is 17.7 Å². The zero-order valence-electron chi connectivity index (χ0n) is 14.0. The minimum atomic E-state index is -0.629. The Labute approximate surface area is 154 Å². The van der Waals surface area contributed by atoms with Gasteiger partial charge in [0, 0.05) is 12.6 Å². The Morgan fingerprint density at radius 2 is 2.31 bits per heavy atom. The number of halogens is 2. The van der Waals surface area contributed by atoms with Crippen LogP contribution in [0.4, 0.5) is 21.8 Å². The highest BCUT2D eigenvalue weighted by Crippen LogP contribution is 2.37. The van der Waals surface area contributed by atoms with Gasteiger partial charge in [0.2, 0.25) is 11.8 Å². The van der Waals surface area contributed by atoms with Gasteiger partial charge in [-0.05, 0) is 43.6 Å². The smallest absolute Gasteiger partial charge is 0.329 e. The fourth-order valence-electron chi connectivity index (χ4n) is 3.30. The molecule has 1 saturated heterocycles. The van der Waals surface area contributed by atoms with E-state index < -0.39 is 10.7 Å². The van der Waals surface area contributed by atoms with Crippen LogP contribution in [0.3, 0.4) is 0 Å². The van der Waals surface area contributed by atoms with Crippen molar-refractivity contribution in [1.29, 1.82) is 0 Å². The second-order valence-electron chi connectivity index (χ2n) is 6.25. The second-order valence-corrected chi connectivity index (χ2v) is 6.66. The fourth-order valence-corrected chi connectivity index (χ4v) is 3.42. The van der Waals surface area contributed by atoms with Crippen LogP contribution >= 0.6 is 11.6 Å². The number of hydrogen-bond donors (Lipinski definition) is 2. The molecule has 2 aromatic rings. The molecule has 138 valence electrons. The molecule has 3 N–H and O–H groups in total. The molecule has 2 heterocycles. The van der Waals surface area contributed by atoms with E-state index in [1.54, 1.807) is 6.07 Å². The summed E-state index contributed by atoms with van der Waals surface area (Å²) in [6, 6.07) is 4.86. The van der Waals surface area contributed by atoms with Gasteiger partial charge in [-0.25, -0.2) is 9.37 Å². The van der Waals surface area contributed by atoms with E-state index >= 15 is 0 Å². The molecular formula is C16H18ClFN6O2. The van der Waals surface area contributed by atoms with E-state index in [0.29, 0.717) is 6.54 Å². The summed E-state index contributed by atoms with van der Waals surface area (Å²) in [6.45, 7) is 1.39. The molecule has 1 fully saturated rings. The Balaban J connectivity index is 1.73. The molecule has 3 rings (SSSR count). The predicted octanol–water partition coefficient (Wildman–Crippen LogP) is 2.86. The lowest BCUT2D eigenvalue weighted by molar-refractivity contribution is -0.384. The number of anilines is 2. The second kappa shape index (κ2) is 7.38. The highest BCUT2D eigenvalue weighted by atomic mass is 35.5. The van der Waals surface area contributed by atoms with Crippen LogP contribution in [0.2, 0.25) is 5.02 Å². The highest BCUT2D eigenvalue weighted by Gasteiger charge is 2.33. The van der Waals surface area contributed by atoms with E-state index in [1.807, 2.05) is 13.1 Å². The largest absolute Gasteiger partial charge is 0.378 e.